The van der Waals surface area contributed by atoms with E-state index >= 15 is 0 Å². The number of hydrogen-bond donors (Lipinski definition) is 1. The molecule has 0 atom stereocenters. The summed E-state index contributed by atoms with van der Waals surface area (Å²) >= 11 is 0. The van der Waals surface area contributed by atoms with Crippen LogP contribution in [-0.4, -0.2) is 31.1 Å². The summed E-state index contributed by atoms with van der Waals surface area (Å²) in [5.74, 6) is 0. The van der Waals surface area contributed by atoms with Crippen LogP contribution < -0.4 is 21.6 Å². The van der Waals surface area contributed by atoms with Crippen LogP contribution >= 0.6 is 0 Å². The number of nitrogens with zero attached hydrogens (tertiary/aromatic N) is 1. The van der Waals surface area contributed by atoms with Crippen molar-refractivity contribution >= 4 is 18.7 Å². The fourth-order valence-electron chi connectivity index (χ4n) is 4.25. The van der Waals surface area contributed by atoms with Gasteiger partial charge < -0.3 is 9.16 Å². The van der Waals surface area contributed by atoms with Crippen molar-refractivity contribution in [1.29, 1.82) is 0 Å². The molecule has 0 aliphatic rings. The number of nitrogens with one attached hydrogen (secondary N) is 1. The maximum absolute atomic E-state index is 12.0. The molecule has 0 saturated heterocycles. The van der Waals surface area contributed by atoms with Gasteiger partial charge in [0.15, 0.2) is 0 Å². The molecule has 0 aliphatic heterocycles. The molecule has 180 valence electrons. The molecule has 0 unspecified atom stereocenters. The van der Waals surface area contributed by atoms with Crippen molar-refractivity contribution in [3.63, 3.8) is 0 Å². The van der Waals surface area contributed by atoms with Gasteiger partial charge in [-0.1, -0.05) is 81.4 Å². The van der Waals surface area contributed by atoms with E-state index in [1.807, 2.05) is 19.1 Å². The fraction of sp³-hybridized carbons (Fsp3) is 0.333. The largest absolute Gasteiger partial charge is 0.499 e. The average Bonchev–Trinajstić information content (AvgIpc) is 2.80. The lowest BCUT2D eigenvalue weighted by atomic mass is 10.2. The van der Waals surface area contributed by atoms with Gasteiger partial charge >= 0.3 is 5.69 Å². The first kappa shape index (κ1) is 25.5. The van der Waals surface area contributed by atoms with Gasteiger partial charge in [-0.15, -0.1) is 0 Å². The first-order chi connectivity index (χ1) is 16.1. The van der Waals surface area contributed by atoms with Gasteiger partial charge in [0.2, 0.25) is 0 Å². The van der Waals surface area contributed by atoms with Gasteiger partial charge in [-0.25, -0.2) is 4.79 Å². The van der Waals surface area contributed by atoms with E-state index in [0.717, 1.165) is 5.57 Å². The Hall–Kier alpha value is -3.16. The quantitative estimate of drug-likeness (QED) is 0.291. The lowest BCUT2D eigenvalue weighted by molar-refractivity contribution is 0.170. The fourth-order valence-corrected chi connectivity index (χ4v) is 8.79. The van der Waals surface area contributed by atoms with E-state index in [2.05, 4.69) is 74.3 Å². The van der Waals surface area contributed by atoms with E-state index in [1.54, 1.807) is 19.4 Å². The second-order valence-corrected chi connectivity index (χ2v) is 13.9. The summed E-state index contributed by atoms with van der Waals surface area (Å²) in [6.07, 6.45) is 3.21. The van der Waals surface area contributed by atoms with Gasteiger partial charge in [0.1, 0.15) is 6.61 Å². The summed E-state index contributed by atoms with van der Waals surface area (Å²) in [7, 11) is -2.59. The second kappa shape index (κ2) is 10.8. The van der Waals surface area contributed by atoms with Crippen molar-refractivity contribution in [2.24, 2.45) is 0 Å². The molecule has 0 saturated carbocycles. The minimum atomic E-state index is -2.59. The lowest BCUT2D eigenvalue weighted by Crippen LogP contribution is -2.66. The first-order valence-electron chi connectivity index (χ1n) is 11.5. The molecule has 1 N–H and O–H groups in total. The summed E-state index contributed by atoms with van der Waals surface area (Å²) in [4.78, 5) is 25.9. The Balaban J connectivity index is 1.74. The maximum Gasteiger partial charge on any atom is 0.328 e. The van der Waals surface area contributed by atoms with Gasteiger partial charge in [-0.05, 0) is 34.8 Å². The number of aromatic amines is 1. The van der Waals surface area contributed by atoms with Gasteiger partial charge in [0, 0.05) is 11.8 Å². The maximum atomic E-state index is 12.0. The molecule has 3 aromatic rings. The van der Waals surface area contributed by atoms with Crippen LogP contribution in [0.5, 0.6) is 0 Å². The molecule has 34 heavy (non-hydrogen) atoms. The van der Waals surface area contributed by atoms with E-state index in [4.69, 9.17) is 9.16 Å². The monoisotopic (exact) mass is 478 g/mol. The number of ether oxygens (including phenoxy) is 1. The molecule has 0 spiro atoms. The summed E-state index contributed by atoms with van der Waals surface area (Å²) < 4.78 is 14.1. The van der Waals surface area contributed by atoms with Crippen molar-refractivity contribution in [1.82, 2.24) is 9.55 Å². The van der Waals surface area contributed by atoms with Crippen molar-refractivity contribution in [2.45, 2.75) is 46.2 Å². The molecule has 1 heterocycles. The van der Waals surface area contributed by atoms with Crippen molar-refractivity contribution < 1.29 is 9.16 Å². The van der Waals surface area contributed by atoms with Crippen molar-refractivity contribution in [3.8, 4) is 0 Å². The van der Waals surface area contributed by atoms with Crippen molar-refractivity contribution in [3.05, 3.63) is 105 Å². The highest BCUT2D eigenvalue weighted by atomic mass is 28.4. The highest BCUT2D eigenvalue weighted by molar-refractivity contribution is 6.99. The van der Waals surface area contributed by atoms with E-state index in [-0.39, 0.29) is 10.6 Å². The van der Waals surface area contributed by atoms with Crippen molar-refractivity contribution in [2.75, 3.05) is 13.2 Å². The smallest absolute Gasteiger partial charge is 0.328 e. The van der Waals surface area contributed by atoms with Gasteiger partial charge in [0.05, 0.1) is 19.4 Å². The minimum absolute atomic E-state index is 0.0925. The molecule has 6 nitrogen and oxygen atoms in total. The lowest BCUT2D eigenvalue weighted by Gasteiger charge is -2.43. The Labute approximate surface area is 202 Å². The SMILES string of the molecule is CC(=COCCO[Si](c1ccccc1)(c1ccccc1)C(C)(C)C)Cn1cc(C)c(=O)[nH]c1=O. The van der Waals surface area contributed by atoms with Gasteiger partial charge in [-0.3, -0.25) is 14.3 Å². The molecule has 7 heteroatoms. The van der Waals surface area contributed by atoms with Crippen LogP contribution in [0.1, 0.15) is 33.3 Å². The Bertz CT molecular complexity index is 1190. The third kappa shape index (κ3) is 5.66. The Kier molecular flexibility index (Phi) is 8.12. The zero-order valence-corrected chi connectivity index (χ0v) is 21.6. The summed E-state index contributed by atoms with van der Waals surface area (Å²) in [5, 5.41) is 2.37. The molecule has 2 aromatic carbocycles. The number of H-pyrrole nitrogens is 1. The third-order valence-corrected chi connectivity index (χ3v) is 10.9. The zero-order valence-electron chi connectivity index (χ0n) is 20.6. The normalized spacial score (nSPS) is 12.6. The number of hydrogen-bond acceptors (Lipinski definition) is 4. The molecule has 0 radical (unpaired) electrons. The van der Waals surface area contributed by atoms with E-state index in [9.17, 15) is 9.59 Å². The summed E-state index contributed by atoms with van der Waals surface area (Å²) in [5.41, 5.74) is 0.559. The zero-order chi connectivity index (χ0) is 24.8. The molecule has 3 rings (SSSR count). The molecule has 0 aliphatic carbocycles. The molecule has 1 aromatic heterocycles. The van der Waals surface area contributed by atoms with Crippen LogP contribution in [-0.2, 0) is 15.7 Å². The van der Waals surface area contributed by atoms with Crippen LogP contribution in [0.2, 0.25) is 5.04 Å². The number of aryl methyl sites for hydroxylation is 1. The van der Waals surface area contributed by atoms with Crippen LogP contribution in [0.3, 0.4) is 0 Å². The van der Waals surface area contributed by atoms with Crippen LogP contribution in [0.4, 0.5) is 0 Å². The standard InChI is InChI=1S/C27H34N2O4Si/c1-21(18-29-19-22(2)25(30)28-26(29)31)20-32-16-17-33-34(27(3,4)5,23-12-8-6-9-13-23)24-14-10-7-11-15-24/h6-15,19-20H,16-18H2,1-5H3,(H,28,30,31). The second-order valence-electron chi connectivity index (χ2n) is 9.55. The Morgan fingerprint density at radius 1 is 0.971 bits per heavy atom. The number of rotatable bonds is 9. The minimum Gasteiger partial charge on any atom is -0.499 e. The number of allylic oxidation sites excluding steroid dienone is 1. The molecular weight excluding hydrogens is 444 g/mol. The molecular formula is C27H34N2O4Si. The molecule has 0 bridgehead atoms. The third-order valence-electron chi connectivity index (χ3n) is 5.83. The Morgan fingerprint density at radius 2 is 1.53 bits per heavy atom. The number of aromatic nitrogens is 2. The average molecular weight is 479 g/mol. The highest BCUT2D eigenvalue weighted by Crippen LogP contribution is 2.36. The topological polar surface area (TPSA) is 73.3 Å². The van der Waals surface area contributed by atoms with Crippen LogP contribution in [0.25, 0.3) is 0 Å². The van der Waals surface area contributed by atoms with E-state index in [1.165, 1.54) is 14.9 Å². The van der Waals surface area contributed by atoms with E-state index in [0.29, 0.717) is 25.3 Å². The number of benzene rings is 2. The van der Waals surface area contributed by atoms with Gasteiger partial charge in [-0.2, -0.15) is 0 Å². The predicted octanol–water partition coefficient (Wildman–Crippen LogP) is 3.34. The summed E-state index contributed by atoms with van der Waals surface area (Å²) in [6, 6.07) is 21.0. The van der Waals surface area contributed by atoms with Crippen LogP contribution in [0.15, 0.2) is 88.3 Å². The predicted molar refractivity (Wildman–Crippen MR) is 139 cm³/mol. The molecule has 0 fully saturated rings. The molecule has 0 amide bonds. The highest BCUT2D eigenvalue weighted by Gasteiger charge is 2.50. The van der Waals surface area contributed by atoms with E-state index < -0.39 is 14.0 Å². The summed E-state index contributed by atoms with van der Waals surface area (Å²) in [6.45, 7) is 11.5. The first-order valence-corrected chi connectivity index (χ1v) is 13.4. The van der Waals surface area contributed by atoms with Gasteiger partial charge in [0.25, 0.3) is 13.9 Å². The Morgan fingerprint density at radius 3 is 2.06 bits per heavy atom. The van der Waals surface area contributed by atoms with Crippen LogP contribution in [0, 0.1) is 6.92 Å².